The van der Waals surface area contributed by atoms with Crippen molar-refractivity contribution in [3.8, 4) is 0 Å². The summed E-state index contributed by atoms with van der Waals surface area (Å²) in [6.07, 6.45) is 2.02. The van der Waals surface area contributed by atoms with Crippen LogP contribution in [0.25, 0.3) is 0 Å². The Labute approximate surface area is 149 Å². The van der Waals surface area contributed by atoms with Crippen molar-refractivity contribution in [1.29, 1.82) is 0 Å². The molecule has 7 heteroatoms. The van der Waals surface area contributed by atoms with Crippen LogP contribution in [-0.4, -0.2) is 51.9 Å². The van der Waals surface area contributed by atoms with Gasteiger partial charge in [0.2, 0.25) is 5.91 Å². The second-order valence-electron chi connectivity index (χ2n) is 6.07. The lowest BCUT2D eigenvalue weighted by atomic mass is 10.1. The van der Waals surface area contributed by atoms with Crippen molar-refractivity contribution in [3.63, 3.8) is 0 Å². The monoisotopic (exact) mass is 348 g/mol. The fourth-order valence-electron chi connectivity index (χ4n) is 2.54. The number of nitrogens with one attached hydrogen (secondary N) is 2. The Hall–Kier alpha value is -2.12. The van der Waals surface area contributed by atoms with Crippen LogP contribution < -0.4 is 16.4 Å². The summed E-state index contributed by atoms with van der Waals surface area (Å²) in [6.45, 7) is 4.62. The summed E-state index contributed by atoms with van der Waals surface area (Å²) >= 11 is 0. The molecule has 4 N–H and O–H groups in total. The molecule has 1 unspecified atom stereocenters. The van der Waals surface area contributed by atoms with E-state index in [-0.39, 0.29) is 0 Å². The third-order valence-corrected chi connectivity index (χ3v) is 4.06. The quantitative estimate of drug-likeness (QED) is 0.350. The first-order valence-electron chi connectivity index (χ1n) is 8.68. The number of aliphatic imine (C=N–C) groups is 1. The summed E-state index contributed by atoms with van der Waals surface area (Å²) < 4.78 is 11.0. The number of rotatable bonds is 9. The molecule has 138 valence electrons. The molecular weight excluding hydrogens is 320 g/mol. The van der Waals surface area contributed by atoms with E-state index in [0.29, 0.717) is 18.0 Å². The first-order chi connectivity index (χ1) is 12.2. The highest BCUT2D eigenvalue weighted by Crippen LogP contribution is 2.12. The van der Waals surface area contributed by atoms with Crippen LogP contribution >= 0.6 is 0 Å². The lowest BCUT2D eigenvalue weighted by Crippen LogP contribution is -2.37. The van der Waals surface area contributed by atoms with Crippen LogP contribution in [0.15, 0.2) is 29.3 Å². The number of carbonyl (C=O) groups is 1. The van der Waals surface area contributed by atoms with Crippen molar-refractivity contribution in [3.05, 3.63) is 35.4 Å². The van der Waals surface area contributed by atoms with Crippen LogP contribution in [0.4, 0.5) is 0 Å². The van der Waals surface area contributed by atoms with Crippen molar-refractivity contribution in [2.45, 2.75) is 19.4 Å². The zero-order valence-corrected chi connectivity index (χ0v) is 14.8. The zero-order valence-electron chi connectivity index (χ0n) is 14.8. The van der Waals surface area contributed by atoms with Crippen LogP contribution in [0.1, 0.15) is 28.8 Å². The van der Waals surface area contributed by atoms with Gasteiger partial charge in [0.25, 0.3) is 0 Å². The number of benzene rings is 1. The second-order valence-corrected chi connectivity index (χ2v) is 6.07. The first kappa shape index (κ1) is 19.2. The highest BCUT2D eigenvalue weighted by atomic mass is 16.5. The molecule has 0 aromatic heterocycles. The standard InChI is InChI=1S/C18H28N4O3/c1-20-18(21-8-2-9-24-12-15-7-10-25-13-15)22-11-14-3-5-16(6-4-14)17(19)23/h3-6,15H,2,7-13H2,1H3,(H2,19,23)(H2,20,21,22). The molecule has 1 atom stereocenters. The summed E-state index contributed by atoms with van der Waals surface area (Å²) in [5.41, 5.74) is 6.79. The Balaban J connectivity index is 1.57. The second kappa shape index (κ2) is 10.7. The van der Waals surface area contributed by atoms with Crippen LogP contribution in [0.3, 0.4) is 0 Å². The molecule has 1 fully saturated rings. The van der Waals surface area contributed by atoms with E-state index in [0.717, 1.165) is 57.3 Å². The van der Waals surface area contributed by atoms with Gasteiger partial charge in [-0.3, -0.25) is 9.79 Å². The van der Waals surface area contributed by atoms with Crippen LogP contribution in [0, 0.1) is 5.92 Å². The largest absolute Gasteiger partial charge is 0.381 e. The minimum Gasteiger partial charge on any atom is -0.381 e. The predicted octanol–water partition coefficient (Wildman–Crippen LogP) is 0.894. The maximum absolute atomic E-state index is 11.1. The predicted molar refractivity (Wildman–Crippen MR) is 97.5 cm³/mol. The molecule has 0 bridgehead atoms. The number of guanidine groups is 1. The van der Waals surface area contributed by atoms with Gasteiger partial charge in [-0.05, 0) is 30.5 Å². The third-order valence-electron chi connectivity index (χ3n) is 4.06. The Bertz CT molecular complexity index is 554. The fraction of sp³-hybridized carbons (Fsp3) is 0.556. The molecule has 1 saturated heterocycles. The number of nitrogens with two attached hydrogens (primary N) is 1. The number of primary amides is 1. The molecule has 7 nitrogen and oxygen atoms in total. The van der Waals surface area contributed by atoms with Crippen molar-refractivity contribution >= 4 is 11.9 Å². The van der Waals surface area contributed by atoms with E-state index in [2.05, 4.69) is 15.6 Å². The molecule has 0 saturated carbocycles. The van der Waals surface area contributed by atoms with Gasteiger partial charge in [-0.1, -0.05) is 12.1 Å². The molecule has 0 spiro atoms. The maximum Gasteiger partial charge on any atom is 0.248 e. The molecule has 1 heterocycles. The maximum atomic E-state index is 11.1. The Morgan fingerprint density at radius 3 is 2.80 bits per heavy atom. The van der Waals surface area contributed by atoms with E-state index in [9.17, 15) is 4.79 Å². The molecule has 2 rings (SSSR count). The lowest BCUT2D eigenvalue weighted by molar-refractivity contribution is 0.0888. The minimum atomic E-state index is -0.417. The average Bonchev–Trinajstić information content (AvgIpc) is 3.14. The summed E-state index contributed by atoms with van der Waals surface area (Å²) in [7, 11) is 1.74. The topological polar surface area (TPSA) is 98.0 Å². The normalized spacial score (nSPS) is 17.5. The lowest BCUT2D eigenvalue weighted by Gasteiger charge is -2.13. The van der Waals surface area contributed by atoms with Crippen molar-refractivity contribution < 1.29 is 14.3 Å². The number of ether oxygens (including phenoxy) is 2. The SMILES string of the molecule is CN=C(NCCCOCC1CCOC1)NCc1ccc(C(N)=O)cc1. The zero-order chi connectivity index (χ0) is 17.9. The van der Waals surface area contributed by atoms with Gasteiger partial charge < -0.3 is 25.8 Å². The number of hydrogen-bond donors (Lipinski definition) is 3. The van der Waals surface area contributed by atoms with Crippen LogP contribution in [0.5, 0.6) is 0 Å². The minimum absolute atomic E-state index is 0.417. The summed E-state index contributed by atoms with van der Waals surface area (Å²) in [6, 6.07) is 7.20. The molecule has 1 amide bonds. The van der Waals surface area contributed by atoms with Gasteiger partial charge in [0.1, 0.15) is 0 Å². The van der Waals surface area contributed by atoms with Gasteiger partial charge in [-0.25, -0.2) is 0 Å². The van der Waals surface area contributed by atoms with E-state index in [1.807, 2.05) is 12.1 Å². The molecule has 25 heavy (non-hydrogen) atoms. The molecule has 1 aliphatic heterocycles. The van der Waals surface area contributed by atoms with E-state index < -0.39 is 5.91 Å². The molecule has 0 radical (unpaired) electrons. The molecule has 1 aromatic rings. The molecular formula is C18H28N4O3. The summed E-state index contributed by atoms with van der Waals surface area (Å²) in [5, 5.41) is 6.49. The van der Waals surface area contributed by atoms with Gasteiger partial charge in [-0.15, -0.1) is 0 Å². The van der Waals surface area contributed by atoms with Gasteiger partial charge in [0.05, 0.1) is 13.2 Å². The Morgan fingerprint density at radius 2 is 2.16 bits per heavy atom. The number of hydrogen-bond acceptors (Lipinski definition) is 4. The molecule has 1 aliphatic rings. The summed E-state index contributed by atoms with van der Waals surface area (Å²) in [5.74, 6) is 0.881. The Kier molecular flexibility index (Phi) is 8.21. The first-order valence-corrected chi connectivity index (χ1v) is 8.68. The summed E-state index contributed by atoms with van der Waals surface area (Å²) in [4.78, 5) is 15.2. The van der Waals surface area contributed by atoms with Gasteiger partial charge in [-0.2, -0.15) is 0 Å². The van der Waals surface area contributed by atoms with Gasteiger partial charge >= 0.3 is 0 Å². The van der Waals surface area contributed by atoms with E-state index in [4.69, 9.17) is 15.2 Å². The van der Waals surface area contributed by atoms with Crippen molar-refractivity contribution in [2.75, 3.05) is 40.0 Å². The molecule has 0 aliphatic carbocycles. The average molecular weight is 348 g/mol. The van der Waals surface area contributed by atoms with E-state index >= 15 is 0 Å². The van der Waals surface area contributed by atoms with Crippen molar-refractivity contribution in [1.82, 2.24) is 10.6 Å². The van der Waals surface area contributed by atoms with Crippen molar-refractivity contribution in [2.24, 2.45) is 16.6 Å². The smallest absolute Gasteiger partial charge is 0.248 e. The number of amides is 1. The number of nitrogens with zero attached hydrogens (tertiary/aromatic N) is 1. The van der Waals surface area contributed by atoms with Gasteiger partial charge in [0.15, 0.2) is 5.96 Å². The number of carbonyl (C=O) groups excluding carboxylic acids is 1. The van der Waals surface area contributed by atoms with Crippen LogP contribution in [-0.2, 0) is 16.0 Å². The Morgan fingerprint density at radius 1 is 1.36 bits per heavy atom. The van der Waals surface area contributed by atoms with E-state index in [1.54, 1.807) is 19.2 Å². The van der Waals surface area contributed by atoms with Crippen LogP contribution in [0.2, 0.25) is 0 Å². The van der Waals surface area contributed by atoms with E-state index in [1.165, 1.54) is 0 Å². The fourth-order valence-corrected chi connectivity index (χ4v) is 2.54. The highest BCUT2D eigenvalue weighted by molar-refractivity contribution is 5.92. The highest BCUT2D eigenvalue weighted by Gasteiger charge is 2.15. The molecule has 1 aromatic carbocycles. The third kappa shape index (κ3) is 7.11. The van der Waals surface area contributed by atoms with Gasteiger partial charge in [0, 0.05) is 44.8 Å².